The number of allylic oxidation sites excluding steroid dienone is 4. The van der Waals surface area contributed by atoms with Gasteiger partial charge in [0, 0.05) is 0 Å². The number of nitrogens with one attached hydrogen (secondary N) is 1. The maximum absolute atomic E-state index is 4.41. The maximum Gasteiger partial charge on any atom is 0.0576 e. The van der Waals surface area contributed by atoms with Crippen LogP contribution in [0.3, 0.4) is 0 Å². The van der Waals surface area contributed by atoms with E-state index in [1.54, 1.807) is 0 Å². The molecular formula is C19H26N2. The standard InChI is InChI=1S/C19H26N2/c1-15-9-8-14-19(3,4)18(15)13-12-16(2)20-21-17-10-6-5-7-11-17/h5-7,10-13,21H,8-9,14H2,1-4H3/b13-12+,20-16+. The predicted octanol–water partition coefficient (Wildman–Crippen LogP) is 5.56. The third-order valence-electron chi connectivity index (χ3n) is 4.17. The lowest BCUT2D eigenvalue weighted by molar-refractivity contribution is 0.377. The topological polar surface area (TPSA) is 24.4 Å². The summed E-state index contributed by atoms with van der Waals surface area (Å²) in [5.41, 5.74) is 8.36. The van der Waals surface area contributed by atoms with Crippen LogP contribution in [0.25, 0.3) is 0 Å². The normalized spacial score (nSPS) is 19.1. The molecule has 112 valence electrons. The Morgan fingerprint density at radius 3 is 2.62 bits per heavy atom. The van der Waals surface area contributed by atoms with E-state index in [9.17, 15) is 0 Å². The van der Waals surface area contributed by atoms with E-state index in [1.165, 1.54) is 30.4 Å². The second-order valence-electron chi connectivity index (χ2n) is 6.50. The lowest BCUT2D eigenvalue weighted by atomic mass is 9.72. The number of para-hydroxylation sites is 1. The molecule has 2 heteroatoms. The first kappa shape index (κ1) is 15.6. The number of nitrogens with zero attached hydrogens (tertiary/aromatic N) is 1. The molecule has 1 N–H and O–H groups in total. The molecule has 21 heavy (non-hydrogen) atoms. The van der Waals surface area contributed by atoms with Gasteiger partial charge in [-0.25, -0.2) is 0 Å². The summed E-state index contributed by atoms with van der Waals surface area (Å²) in [5.74, 6) is 0. The quantitative estimate of drug-likeness (QED) is 0.567. The fourth-order valence-electron chi connectivity index (χ4n) is 2.92. The molecule has 0 amide bonds. The molecule has 2 nitrogen and oxygen atoms in total. The lowest BCUT2D eigenvalue weighted by Crippen LogP contribution is -2.19. The van der Waals surface area contributed by atoms with Crippen LogP contribution in [0.4, 0.5) is 5.69 Å². The molecule has 0 saturated carbocycles. The van der Waals surface area contributed by atoms with E-state index in [4.69, 9.17) is 0 Å². The largest absolute Gasteiger partial charge is 0.278 e. The van der Waals surface area contributed by atoms with Gasteiger partial charge in [0.15, 0.2) is 0 Å². The number of anilines is 1. The van der Waals surface area contributed by atoms with Gasteiger partial charge in [-0.2, -0.15) is 5.10 Å². The zero-order valence-corrected chi connectivity index (χ0v) is 13.6. The van der Waals surface area contributed by atoms with Crippen molar-refractivity contribution in [3.05, 3.63) is 53.6 Å². The number of hydrogen-bond acceptors (Lipinski definition) is 2. The van der Waals surface area contributed by atoms with Crippen LogP contribution >= 0.6 is 0 Å². The summed E-state index contributed by atoms with van der Waals surface area (Å²) in [4.78, 5) is 0. The van der Waals surface area contributed by atoms with E-state index in [2.05, 4.69) is 43.5 Å². The Hall–Kier alpha value is -1.83. The van der Waals surface area contributed by atoms with Gasteiger partial charge in [0.25, 0.3) is 0 Å². The minimum atomic E-state index is 0.284. The van der Waals surface area contributed by atoms with Crippen LogP contribution in [-0.2, 0) is 0 Å². The summed E-state index contributed by atoms with van der Waals surface area (Å²) >= 11 is 0. The minimum absolute atomic E-state index is 0.284. The molecule has 0 aliphatic heterocycles. The van der Waals surface area contributed by atoms with Gasteiger partial charge >= 0.3 is 0 Å². The number of hydrazone groups is 1. The molecule has 1 aliphatic carbocycles. The van der Waals surface area contributed by atoms with Gasteiger partial charge in [-0.3, -0.25) is 5.43 Å². The fourth-order valence-corrected chi connectivity index (χ4v) is 2.92. The smallest absolute Gasteiger partial charge is 0.0576 e. The molecule has 0 aromatic heterocycles. The fraction of sp³-hybridized carbons (Fsp3) is 0.421. The Labute approximate surface area is 128 Å². The van der Waals surface area contributed by atoms with E-state index >= 15 is 0 Å². The minimum Gasteiger partial charge on any atom is -0.278 e. The second kappa shape index (κ2) is 6.75. The van der Waals surface area contributed by atoms with E-state index in [0.717, 1.165) is 11.4 Å². The molecule has 0 heterocycles. The molecule has 1 aromatic carbocycles. The van der Waals surface area contributed by atoms with Crippen LogP contribution in [0.15, 0.2) is 58.7 Å². The van der Waals surface area contributed by atoms with Crippen molar-refractivity contribution in [1.82, 2.24) is 0 Å². The number of benzene rings is 1. The summed E-state index contributed by atoms with van der Waals surface area (Å²) in [5, 5.41) is 4.41. The number of hydrogen-bond donors (Lipinski definition) is 1. The molecule has 0 spiro atoms. The molecule has 2 rings (SSSR count). The maximum atomic E-state index is 4.41. The highest BCUT2D eigenvalue weighted by molar-refractivity contribution is 5.93. The van der Waals surface area contributed by atoms with Crippen molar-refractivity contribution in [1.29, 1.82) is 0 Å². The van der Waals surface area contributed by atoms with Crippen LogP contribution in [0, 0.1) is 5.41 Å². The highest BCUT2D eigenvalue weighted by Crippen LogP contribution is 2.40. The van der Waals surface area contributed by atoms with Gasteiger partial charge in [-0.05, 0) is 62.3 Å². The van der Waals surface area contributed by atoms with Gasteiger partial charge in [0.2, 0.25) is 0 Å². The van der Waals surface area contributed by atoms with Gasteiger partial charge in [-0.15, -0.1) is 0 Å². The predicted molar refractivity (Wildman–Crippen MR) is 92.6 cm³/mol. The highest BCUT2D eigenvalue weighted by Gasteiger charge is 2.26. The molecule has 1 aromatic rings. The zero-order valence-electron chi connectivity index (χ0n) is 13.6. The zero-order chi connectivity index (χ0) is 15.3. The summed E-state index contributed by atoms with van der Waals surface area (Å²) < 4.78 is 0. The monoisotopic (exact) mass is 282 g/mol. The molecular weight excluding hydrogens is 256 g/mol. The molecule has 0 radical (unpaired) electrons. The Morgan fingerprint density at radius 1 is 1.24 bits per heavy atom. The Balaban J connectivity index is 2.06. The SMILES string of the molecule is CC1=C(/C=C/C(C)=N/Nc2ccccc2)C(C)(C)CCC1. The van der Waals surface area contributed by atoms with Crippen LogP contribution < -0.4 is 5.43 Å². The molecule has 1 aliphatic rings. The van der Waals surface area contributed by atoms with Crippen molar-refractivity contribution in [2.75, 3.05) is 5.43 Å². The first-order valence-corrected chi connectivity index (χ1v) is 7.73. The van der Waals surface area contributed by atoms with Crippen molar-refractivity contribution >= 4 is 11.4 Å². The second-order valence-corrected chi connectivity index (χ2v) is 6.50. The molecule has 0 atom stereocenters. The molecule has 0 bridgehead atoms. The Bertz CT molecular complexity index is 562. The van der Waals surface area contributed by atoms with Crippen LogP contribution in [-0.4, -0.2) is 5.71 Å². The van der Waals surface area contributed by atoms with Gasteiger partial charge in [0.1, 0.15) is 0 Å². The third-order valence-corrected chi connectivity index (χ3v) is 4.17. The van der Waals surface area contributed by atoms with E-state index in [1.807, 2.05) is 37.3 Å². The van der Waals surface area contributed by atoms with Crippen LogP contribution in [0.1, 0.15) is 47.0 Å². The number of rotatable bonds is 4. The summed E-state index contributed by atoms with van der Waals surface area (Å²) in [7, 11) is 0. The molecule has 0 fully saturated rings. The highest BCUT2D eigenvalue weighted by atomic mass is 15.3. The van der Waals surface area contributed by atoms with Crippen molar-refractivity contribution in [2.24, 2.45) is 10.5 Å². The lowest BCUT2D eigenvalue weighted by Gasteiger charge is -2.32. The van der Waals surface area contributed by atoms with Crippen molar-refractivity contribution in [3.63, 3.8) is 0 Å². The van der Waals surface area contributed by atoms with Gasteiger partial charge < -0.3 is 0 Å². The van der Waals surface area contributed by atoms with E-state index < -0.39 is 0 Å². The first-order chi connectivity index (χ1) is 9.99. The van der Waals surface area contributed by atoms with Crippen LogP contribution in [0.5, 0.6) is 0 Å². The van der Waals surface area contributed by atoms with Crippen LogP contribution in [0.2, 0.25) is 0 Å². The van der Waals surface area contributed by atoms with Crippen molar-refractivity contribution in [3.8, 4) is 0 Å². The van der Waals surface area contributed by atoms with E-state index in [-0.39, 0.29) is 5.41 Å². The Kier molecular flexibility index (Phi) is 5.00. The van der Waals surface area contributed by atoms with Gasteiger partial charge in [-0.1, -0.05) is 43.7 Å². The molecule has 0 saturated heterocycles. The summed E-state index contributed by atoms with van der Waals surface area (Å²) in [6, 6.07) is 10.0. The third kappa shape index (κ3) is 4.32. The average Bonchev–Trinajstić information content (AvgIpc) is 2.45. The average molecular weight is 282 g/mol. The molecule has 0 unspecified atom stereocenters. The van der Waals surface area contributed by atoms with Crippen molar-refractivity contribution < 1.29 is 0 Å². The van der Waals surface area contributed by atoms with E-state index in [0.29, 0.717) is 0 Å². The van der Waals surface area contributed by atoms with Gasteiger partial charge in [0.05, 0.1) is 11.4 Å². The summed E-state index contributed by atoms with van der Waals surface area (Å²) in [6.45, 7) is 8.96. The van der Waals surface area contributed by atoms with Crippen molar-refractivity contribution in [2.45, 2.75) is 47.0 Å². The summed E-state index contributed by atoms with van der Waals surface area (Å²) in [6.07, 6.45) is 8.16. The first-order valence-electron chi connectivity index (χ1n) is 7.73. The Morgan fingerprint density at radius 2 is 1.95 bits per heavy atom.